The van der Waals surface area contributed by atoms with Crippen LogP contribution in [0.2, 0.25) is 0 Å². The number of aromatic hydroxyl groups is 1. The number of phenolic OH excluding ortho intramolecular Hbond substituents is 1. The Labute approximate surface area is 199 Å². The average molecular weight is 471 g/mol. The molecule has 1 aromatic heterocycles. The van der Waals surface area contributed by atoms with Crippen LogP contribution in [0, 0.1) is 0 Å². The number of carbonyl (C=O) groups excluding carboxylic acids is 2. The molecule has 4 aromatic rings. The number of rotatable bonds is 5. The molecule has 9 heteroatoms. The molecule has 0 aliphatic carbocycles. The minimum atomic E-state index is -1.04. The number of methoxy groups -OCH3 is 2. The van der Waals surface area contributed by atoms with Crippen LogP contribution in [0.1, 0.15) is 17.2 Å². The van der Waals surface area contributed by atoms with Crippen molar-refractivity contribution in [3.05, 3.63) is 83.4 Å². The molecule has 1 fully saturated rings. The molecule has 176 valence electrons. The number of aliphatic hydroxyl groups is 1. The van der Waals surface area contributed by atoms with E-state index in [0.29, 0.717) is 16.6 Å². The predicted molar refractivity (Wildman–Crippen MR) is 129 cm³/mol. The maximum Gasteiger partial charge on any atom is 0.302 e. The van der Waals surface area contributed by atoms with Gasteiger partial charge in [-0.2, -0.15) is 0 Å². The average Bonchev–Trinajstić information content (AvgIpc) is 3.42. The van der Waals surface area contributed by atoms with Crippen molar-refractivity contribution in [2.45, 2.75) is 6.04 Å². The summed E-state index contributed by atoms with van der Waals surface area (Å²) in [6.07, 6.45) is 0. The normalized spacial score (nSPS) is 17.2. The molecule has 1 saturated heterocycles. The van der Waals surface area contributed by atoms with Gasteiger partial charge >= 0.3 is 5.91 Å². The highest BCUT2D eigenvalue weighted by Gasteiger charge is 2.48. The second-order valence-electron chi connectivity index (χ2n) is 7.88. The number of aromatic nitrogens is 2. The van der Waals surface area contributed by atoms with E-state index in [9.17, 15) is 19.8 Å². The number of nitrogens with zero attached hydrogens (tertiary/aromatic N) is 2. The number of anilines is 1. The van der Waals surface area contributed by atoms with Crippen LogP contribution in [0.3, 0.4) is 0 Å². The summed E-state index contributed by atoms with van der Waals surface area (Å²) in [5, 5.41) is 21.3. The van der Waals surface area contributed by atoms with Gasteiger partial charge in [0.1, 0.15) is 28.6 Å². The van der Waals surface area contributed by atoms with Crippen molar-refractivity contribution in [1.29, 1.82) is 0 Å². The summed E-state index contributed by atoms with van der Waals surface area (Å²) in [4.78, 5) is 35.5. The zero-order valence-corrected chi connectivity index (χ0v) is 18.9. The molecular weight excluding hydrogens is 450 g/mol. The highest BCUT2D eigenvalue weighted by Crippen LogP contribution is 2.45. The first kappa shape index (κ1) is 22.0. The molecule has 3 N–H and O–H groups in total. The Balaban J connectivity index is 1.78. The van der Waals surface area contributed by atoms with Gasteiger partial charge in [-0.1, -0.05) is 30.3 Å². The highest BCUT2D eigenvalue weighted by molar-refractivity contribution is 6.51. The Morgan fingerprint density at radius 2 is 1.60 bits per heavy atom. The molecule has 3 aromatic carbocycles. The number of carbonyl (C=O) groups is 2. The Morgan fingerprint density at radius 3 is 2.23 bits per heavy atom. The number of ether oxygens (including phenoxy) is 2. The van der Waals surface area contributed by atoms with Crippen molar-refractivity contribution in [2.75, 3.05) is 19.1 Å². The number of phenols is 1. The van der Waals surface area contributed by atoms with E-state index < -0.39 is 23.5 Å². The molecule has 35 heavy (non-hydrogen) atoms. The van der Waals surface area contributed by atoms with E-state index in [1.165, 1.54) is 31.3 Å². The second kappa shape index (κ2) is 8.53. The fraction of sp³-hybridized carbons (Fsp3) is 0.115. The number of amides is 1. The maximum absolute atomic E-state index is 13.4. The number of aromatic amines is 1. The lowest BCUT2D eigenvalue weighted by molar-refractivity contribution is -0.132. The minimum Gasteiger partial charge on any atom is -0.508 e. The molecule has 9 nitrogen and oxygen atoms in total. The third-order valence-corrected chi connectivity index (χ3v) is 5.92. The quantitative estimate of drug-likeness (QED) is 0.229. The summed E-state index contributed by atoms with van der Waals surface area (Å²) < 4.78 is 10.8. The number of aliphatic hydroxyl groups excluding tert-OH is 1. The summed E-state index contributed by atoms with van der Waals surface area (Å²) in [7, 11) is 2.85. The van der Waals surface area contributed by atoms with Crippen molar-refractivity contribution >= 4 is 34.4 Å². The number of fused-ring (bicyclic) bond motifs is 1. The zero-order valence-electron chi connectivity index (χ0n) is 18.9. The molecule has 1 aliphatic rings. The standard InChI is InChI=1S/C26H21N3O6/c1-34-18-8-5-9-19(35-2)20(18)23(31)21-22(14-10-12-15(30)13-11-14)29(25(33)24(21)32)26-27-16-6-3-4-7-17(16)28-26/h3-13,22,30-31H,1-2H3,(H,27,28)/b23-21+. The lowest BCUT2D eigenvalue weighted by Gasteiger charge is -2.23. The smallest absolute Gasteiger partial charge is 0.302 e. The van der Waals surface area contributed by atoms with Gasteiger partial charge in [0.2, 0.25) is 5.95 Å². The number of hydrogen-bond acceptors (Lipinski definition) is 7. The molecule has 0 radical (unpaired) electrons. The van der Waals surface area contributed by atoms with Crippen LogP contribution in [-0.2, 0) is 9.59 Å². The molecule has 1 aliphatic heterocycles. The second-order valence-corrected chi connectivity index (χ2v) is 7.88. The summed E-state index contributed by atoms with van der Waals surface area (Å²) in [5.41, 5.74) is 1.76. The van der Waals surface area contributed by atoms with Crippen LogP contribution < -0.4 is 14.4 Å². The molecule has 1 unspecified atom stereocenters. The lowest BCUT2D eigenvalue weighted by atomic mass is 9.94. The number of para-hydroxylation sites is 2. The van der Waals surface area contributed by atoms with Gasteiger partial charge in [0.25, 0.3) is 5.78 Å². The van der Waals surface area contributed by atoms with Gasteiger partial charge in [-0.15, -0.1) is 0 Å². The third kappa shape index (κ3) is 3.54. The number of nitrogens with one attached hydrogen (secondary N) is 1. The largest absolute Gasteiger partial charge is 0.508 e. The third-order valence-electron chi connectivity index (χ3n) is 5.92. The Kier molecular flexibility index (Phi) is 5.37. The van der Waals surface area contributed by atoms with E-state index in [1.807, 2.05) is 12.1 Å². The Morgan fingerprint density at radius 1 is 0.943 bits per heavy atom. The summed E-state index contributed by atoms with van der Waals surface area (Å²) in [6.45, 7) is 0. The first-order chi connectivity index (χ1) is 16.9. The molecule has 2 heterocycles. The van der Waals surface area contributed by atoms with E-state index >= 15 is 0 Å². The van der Waals surface area contributed by atoms with E-state index in [0.717, 1.165) is 0 Å². The van der Waals surface area contributed by atoms with E-state index in [4.69, 9.17) is 9.47 Å². The lowest BCUT2D eigenvalue weighted by Crippen LogP contribution is -2.30. The number of benzene rings is 3. The van der Waals surface area contributed by atoms with E-state index in [1.54, 1.807) is 42.5 Å². The maximum atomic E-state index is 13.4. The molecule has 1 atom stereocenters. The first-order valence-corrected chi connectivity index (χ1v) is 10.7. The number of ketones is 1. The van der Waals surface area contributed by atoms with Gasteiger partial charge in [-0.25, -0.2) is 4.98 Å². The van der Waals surface area contributed by atoms with Gasteiger partial charge in [-0.05, 0) is 42.0 Å². The minimum absolute atomic E-state index is 0.0147. The zero-order chi connectivity index (χ0) is 24.7. The van der Waals surface area contributed by atoms with E-state index in [2.05, 4.69) is 9.97 Å². The van der Waals surface area contributed by atoms with Crippen LogP contribution >= 0.6 is 0 Å². The molecule has 0 saturated carbocycles. The molecular formula is C26H21N3O6. The predicted octanol–water partition coefficient (Wildman–Crippen LogP) is 3.91. The molecule has 0 bridgehead atoms. The fourth-order valence-electron chi connectivity index (χ4n) is 4.30. The number of hydrogen-bond donors (Lipinski definition) is 3. The van der Waals surface area contributed by atoms with Crippen LogP contribution in [-0.4, -0.2) is 46.1 Å². The number of Topliss-reactive ketones (excluding diaryl/α,β-unsaturated/α-hetero) is 1. The summed E-state index contributed by atoms with van der Waals surface area (Å²) in [5.74, 6) is -1.51. The molecule has 5 rings (SSSR count). The number of H-pyrrole nitrogens is 1. The fourth-order valence-corrected chi connectivity index (χ4v) is 4.30. The van der Waals surface area contributed by atoms with Crippen LogP contribution in [0.4, 0.5) is 5.95 Å². The van der Waals surface area contributed by atoms with Gasteiger partial charge in [0.05, 0.1) is 36.9 Å². The molecule has 0 spiro atoms. The van der Waals surface area contributed by atoms with Crippen molar-refractivity contribution in [1.82, 2.24) is 9.97 Å². The van der Waals surface area contributed by atoms with Crippen LogP contribution in [0.5, 0.6) is 17.2 Å². The van der Waals surface area contributed by atoms with Crippen LogP contribution in [0.25, 0.3) is 16.8 Å². The Hall–Kier alpha value is -4.79. The van der Waals surface area contributed by atoms with Crippen molar-refractivity contribution < 1.29 is 29.3 Å². The SMILES string of the molecule is COc1cccc(OC)c1/C(O)=C1\C(=O)C(=O)N(c2nc3ccccc3[nH]2)C1c1ccc(O)cc1. The van der Waals surface area contributed by atoms with Crippen molar-refractivity contribution in [3.8, 4) is 17.2 Å². The van der Waals surface area contributed by atoms with Crippen molar-refractivity contribution in [2.24, 2.45) is 0 Å². The van der Waals surface area contributed by atoms with Gasteiger partial charge in [0.15, 0.2) is 0 Å². The van der Waals surface area contributed by atoms with Gasteiger partial charge < -0.3 is 24.7 Å². The van der Waals surface area contributed by atoms with Gasteiger partial charge in [-0.3, -0.25) is 14.5 Å². The number of imidazole rings is 1. The summed E-state index contributed by atoms with van der Waals surface area (Å²) in [6, 6.07) is 17.1. The topological polar surface area (TPSA) is 125 Å². The first-order valence-electron chi connectivity index (χ1n) is 10.7. The highest BCUT2D eigenvalue weighted by atomic mass is 16.5. The molecule has 1 amide bonds. The monoisotopic (exact) mass is 471 g/mol. The Bertz CT molecular complexity index is 1430. The van der Waals surface area contributed by atoms with Crippen molar-refractivity contribution in [3.63, 3.8) is 0 Å². The van der Waals surface area contributed by atoms with E-state index in [-0.39, 0.29) is 34.3 Å². The summed E-state index contributed by atoms with van der Waals surface area (Å²) >= 11 is 0. The van der Waals surface area contributed by atoms with Gasteiger partial charge in [0, 0.05) is 0 Å². The van der Waals surface area contributed by atoms with Crippen LogP contribution in [0.15, 0.2) is 72.3 Å².